The summed E-state index contributed by atoms with van der Waals surface area (Å²) in [4.78, 5) is 15.6. The molecule has 6 nitrogen and oxygen atoms in total. The SMILES string of the molecule is CC/C=C/C(C1CCC1CN1C[C@@]2(CCCc3cc(Cl)ccc32)COc2ccc(C(=O)NS(=O)C(C)C)cc21)[C@@H](O)CC. The van der Waals surface area contributed by atoms with Gasteiger partial charge in [0.15, 0.2) is 0 Å². The molecule has 0 radical (unpaired) electrons. The van der Waals surface area contributed by atoms with Crippen LogP contribution in [0.4, 0.5) is 5.69 Å². The van der Waals surface area contributed by atoms with E-state index in [-0.39, 0.29) is 28.6 Å². The molecule has 1 aliphatic heterocycles. The van der Waals surface area contributed by atoms with Crippen molar-refractivity contribution in [2.45, 2.75) is 89.4 Å². The Kier molecular flexibility index (Phi) is 10.2. The smallest absolute Gasteiger partial charge is 0.263 e. The van der Waals surface area contributed by atoms with Gasteiger partial charge in [-0.25, -0.2) is 4.21 Å². The zero-order chi connectivity index (χ0) is 30.7. The third kappa shape index (κ3) is 6.84. The minimum absolute atomic E-state index is 0.140. The zero-order valence-electron chi connectivity index (χ0n) is 26.0. The van der Waals surface area contributed by atoms with E-state index in [1.165, 1.54) is 11.1 Å². The number of aliphatic hydroxyl groups excluding tert-OH is 1. The summed E-state index contributed by atoms with van der Waals surface area (Å²) < 4.78 is 21.7. The Balaban J connectivity index is 1.51. The summed E-state index contributed by atoms with van der Waals surface area (Å²) in [5.41, 5.74) is 3.78. The van der Waals surface area contributed by atoms with Crippen LogP contribution in [0.15, 0.2) is 48.6 Å². The molecule has 0 saturated heterocycles. The van der Waals surface area contributed by atoms with Crippen LogP contribution in [-0.2, 0) is 22.8 Å². The first-order chi connectivity index (χ1) is 20.7. The molecule has 2 N–H and O–H groups in total. The Bertz CT molecular complexity index is 1360. The van der Waals surface area contributed by atoms with Crippen LogP contribution in [0, 0.1) is 17.8 Å². The lowest BCUT2D eigenvalue weighted by Gasteiger charge is -2.47. The van der Waals surface area contributed by atoms with Crippen molar-refractivity contribution < 1.29 is 18.8 Å². The number of aryl methyl sites for hydroxylation is 1. The molecule has 5 rings (SSSR count). The highest BCUT2D eigenvalue weighted by atomic mass is 35.5. The summed E-state index contributed by atoms with van der Waals surface area (Å²) in [6.07, 6.45) is 11.1. The molecule has 2 aromatic carbocycles. The number of carbonyl (C=O) groups is 1. The first-order valence-electron chi connectivity index (χ1n) is 16.0. The monoisotopic (exact) mass is 626 g/mol. The molecular formula is C35H47ClN2O4S. The zero-order valence-corrected chi connectivity index (χ0v) is 27.6. The van der Waals surface area contributed by atoms with Crippen molar-refractivity contribution >= 4 is 34.2 Å². The maximum atomic E-state index is 13.2. The van der Waals surface area contributed by atoms with E-state index in [1.807, 2.05) is 32.0 Å². The van der Waals surface area contributed by atoms with Gasteiger partial charge in [0.25, 0.3) is 5.91 Å². The van der Waals surface area contributed by atoms with Crippen LogP contribution in [0.2, 0.25) is 5.02 Å². The van der Waals surface area contributed by atoms with Gasteiger partial charge in [-0.1, -0.05) is 43.7 Å². The van der Waals surface area contributed by atoms with Gasteiger partial charge in [-0.05, 0) is 112 Å². The number of ether oxygens (including phenoxy) is 1. The van der Waals surface area contributed by atoms with E-state index in [9.17, 15) is 14.1 Å². The van der Waals surface area contributed by atoms with Crippen LogP contribution in [0.5, 0.6) is 5.75 Å². The Labute approximate surface area is 264 Å². The molecule has 0 aromatic heterocycles. The fourth-order valence-electron chi connectivity index (χ4n) is 7.26. The molecule has 1 heterocycles. The van der Waals surface area contributed by atoms with E-state index in [4.69, 9.17) is 16.3 Å². The van der Waals surface area contributed by atoms with Gasteiger partial charge in [0.1, 0.15) is 16.7 Å². The predicted molar refractivity (Wildman–Crippen MR) is 176 cm³/mol. The van der Waals surface area contributed by atoms with Crippen molar-refractivity contribution in [2.75, 3.05) is 24.6 Å². The summed E-state index contributed by atoms with van der Waals surface area (Å²) in [6.45, 7) is 9.99. The van der Waals surface area contributed by atoms with Gasteiger partial charge in [-0.15, -0.1) is 0 Å². The quantitative estimate of drug-likeness (QED) is 0.278. The molecular weight excluding hydrogens is 580 g/mol. The Morgan fingerprint density at radius 1 is 1.23 bits per heavy atom. The lowest BCUT2D eigenvalue weighted by molar-refractivity contribution is 0.0314. The number of rotatable bonds is 10. The van der Waals surface area contributed by atoms with E-state index in [0.717, 1.165) is 74.5 Å². The van der Waals surface area contributed by atoms with E-state index in [2.05, 4.69) is 47.8 Å². The summed E-state index contributed by atoms with van der Waals surface area (Å²) in [5, 5.41) is 11.6. The normalized spacial score (nSPS) is 25.3. The molecule has 1 amide bonds. The molecule has 8 heteroatoms. The number of aliphatic hydroxyl groups is 1. The second-order valence-electron chi connectivity index (χ2n) is 13.0. The maximum absolute atomic E-state index is 13.2. The summed E-state index contributed by atoms with van der Waals surface area (Å²) in [5.74, 6) is 1.38. The minimum Gasteiger partial charge on any atom is -0.490 e. The third-order valence-corrected chi connectivity index (χ3v) is 11.3. The Hall–Kier alpha value is -2.35. The van der Waals surface area contributed by atoms with Gasteiger partial charge in [0.05, 0.1) is 18.4 Å². The number of carbonyl (C=O) groups excluding carboxylic acids is 1. The molecule has 234 valence electrons. The molecule has 2 aromatic rings. The van der Waals surface area contributed by atoms with Crippen molar-refractivity contribution in [2.24, 2.45) is 17.8 Å². The van der Waals surface area contributed by atoms with Crippen molar-refractivity contribution in [3.8, 4) is 5.75 Å². The largest absolute Gasteiger partial charge is 0.490 e. The van der Waals surface area contributed by atoms with Crippen molar-refractivity contribution in [3.63, 3.8) is 0 Å². The van der Waals surface area contributed by atoms with Crippen molar-refractivity contribution in [1.82, 2.24) is 4.72 Å². The first-order valence-corrected chi connectivity index (χ1v) is 17.6. The minimum atomic E-state index is -1.46. The molecule has 6 atom stereocenters. The molecule has 1 fully saturated rings. The van der Waals surface area contributed by atoms with Crippen molar-refractivity contribution in [3.05, 3.63) is 70.3 Å². The molecule has 3 aliphatic rings. The molecule has 43 heavy (non-hydrogen) atoms. The van der Waals surface area contributed by atoms with Crippen LogP contribution < -0.4 is 14.4 Å². The number of hydrogen-bond donors (Lipinski definition) is 2. The number of anilines is 1. The standard InChI is InChI=1S/C35H47ClN2O4S/c1-5-7-10-29(32(39)6-2)28-14-11-26(28)20-38-21-35(17-8-9-24-18-27(36)13-15-30(24)35)22-42-33-16-12-25(19-31(33)38)34(40)37-43(41)23(3)4/h7,10,12-13,15-16,18-19,23,26,28-29,32,39H,5-6,8-9,11,14,17,20-22H2,1-4H3,(H,37,40)/b10-7+/t26?,28?,29?,32-,35-,43?/m0/s1. The van der Waals surface area contributed by atoms with Gasteiger partial charge in [-0.2, -0.15) is 0 Å². The molecule has 2 aliphatic carbocycles. The number of allylic oxidation sites excluding steroid dienone is 1. The second kappa shape index (κ2) is 13.7. The highest BCUT2D eigenvalue weighted by molar-refractivity contribution is 7.84. The van der Waals surface area contributed by atoms with E-state index >= 15 is 0 Å². The van der Waals surface area contributed by atoms with E-state index in [0.29, 0.717) is 24.0 Å². The fraction of sp³-hybridized carbons (Fsp3) is 0.571. The number of hydrogen-bond acceptors (Lipinski definition) is 5. The van der Waals surface area contributed by atoms with Gasteiger partial charge in [0, 0.05) is 40.3 Å². The second-order valence-corrected chi connectivity index (χ2v) is 15.1. The van der Waals surface area contributed by atoms with Gasteiger partial charge in [0.2, 0.25) is 0 Å². The van der Waals surface area contributed by atoms with Crippen LogP contribution in [0.25, 0.3) is 0 Å². The Morgan fingerprint density at radius 3 is 2.74 bits per heavy atom. The highest BCUT2D eigenvalue weighted by Gasteiger charge is 2.45. The number of halogens is 1. The lowest BCUT2D eigenvalue weighted by Crippen LogP contribution is -2.49. The average Bonchev–Trinajstić information content (AvgIpc) is 3.13. The van der Waals surface area contributed by atoms with Gasteiger partial charge >= 0.3 is 0 Å². The number of amides is 1. The van der Waals surface area contributed by atoms with Crippen LogP contribution in [0.3, 0.4) is 0 Å². The van der Waals surface area contributed by atoms with Crippen LogP contribution >= 0.6 is 11.6 Å². The number of nitrogens with one attached hydrogen (secondary N) is 1. The molecule has 4 unspecified atom stereocenters. The first kappa shape index (κ1) is 32.1. The molecule has 1 spiro atoms. The Morgan fingerprint density at radius 2 is 2.05 bits per heavy atom. The maximum Gasteiger partial charge on any atom is 0.263 e. The third-order valence-electron chi connectivity index (χ3n) is 9.80. The molecule has 0 bridgehead atoms. The van der Waals surface area contributed by atoms with Gasteiger partial charge in [-0.3, -0.25) is 9.52 Å². The van der Waals surface area contributed by atoms with Crippen LogP contribution in [-0.4, -0.2) is 46.3 Å². The number of fused-ring (bicyclic) bond motifs is 3. The van der Waals surface area contributed by atoms with Crippen molar-refractivity contribution in [1.29, 1.82) is 0 Å². The van der Waals surface area contributed by atoms with Gasteiger partial charge < -0.3 is 14.7 Å². The summed E-state index contributed by atoms with van der Waals surface area (Å²) in [7, 11) is -1.46. The van der Waals surface area contributed by atoms with Crippen LogP contribution in [0.1, 0.15) is 87.7 Å². The number of benzene rings is 2. The molecule has 1 saturated carbocycles. The topological polar surface area (TPSA) is 78.9 Å². The van der Waals surface area contributed by atoms with E-state index < -0.39 is 11.0 Å². The van der Waals surface area contributed by atoms with E-state index in [1.54, 1.807) is 6.07 Å². The highest BCUT2D eigenvalue weighted by Crippen LogP contribution is 2.48. The number of nitrogens with zero attached hydrogens (tertiary/aromatic N) is 1. The lowest BCUT2D eigenvalue weighted by atomic mass is 9.64. The summed E-state index contributed by atoms with van der Waals surface area (Å²) in [6, 6.07) is 11.9. The summed E-state index contributed by atoms with van der Waals surface area (Å²) >= 11 is 6.43. The fourth-order valence-corrected chi connectivity index (χ4v) is 7.99. The predicted octanol–water partition coefficient (Wildman–Crippen LogP) is 6.99. The average molecular weight is 627 g/mol.